The van der Waals surface area contributed by atoms with E-state index in [1.807, 2.05) is 30.3 Å². The van der Waals surface area contributed by atoms with Gasteiger partial charge in [-0.15, -0.1) is 0 Å². The lowest BCUT2D eigenvalue weighted by atomic mass is 10.2. The van der Waals surface area contributed by atoms with Gasteiger partial charge in [0.15, 0.2) is 5.82 Å². The Hall–Kier alpha value is -2.74. The highest BCUT2D eigenvalue weighted by molar-refractivity contribution is 6.33. The molecule has 0 unspecified atom stereocenters. The zero-order valence-electron chi connectivity index (χ0n) is 12.2. The van der Waals surface area contributed by atoms with Crippen LogP contribution in [0.25, 0.3) is 0 Å². The van der Waals surface area contributed by atoms with Crippen LogP contribution in [-0.2, 0) is 6.54 Å². The number of nitrogens with one attached hydrogen (secondary N) is 1. The lowest BCUT2D eigenvalue weighted by Crippen LogP contribution is -2.19. The monoisotopic (exact) mass is 351 g/mol. The first kappa shape index (κ1) is 16.1. The Bertz CT molecular complexity index is 847. The summed E-state index contributed by atoms with van der Waals surface area (Å²) >= 11 is 6.05. The Morgan fingerprint density at radius 1 is 1.25 bits per heavy atom. The SMILES string of the molecule is O=C(Nc1nn(Cc2ccccc2)cc1Cl)c1ccnn1C(F)F. The Morgan fingerprint density at radius 3 is 2.71 bits per heavy atom. The van der Waals surface area contributed by atoms with Crippen LogP contribution in [0.1, 0.15) is 22.6 Å². The Labute approximate surface area is 140 Å². The summed E-state index contributed by atoms with van der Waals surface area (Å²) in [7, 11) is 0. The van der Waals surface area contributed by atoms with Crippen LogP contribution < -0.4 is 5.32 Å². The molecule has 0 aliphatic heterocycles. The highest BCUT2D eigenvalue weighted by Crippen LogP contribution is 2.21. The Balaban J connectivity index is 1.76. The topological polar surface area (TPSA) is 64.7 Å². The van der Waals surface area contributed by atoms with E-state index in [4.69, 9.17) is 11.6 Å². The number of alkyl halides is 2. The molecule has 1 aromatic carbocycles. The van der Waals surface area contributed by atoms with Crippen LogP contribution in [-0.4, -0.2) is 25.5 Å². The highest BCUT2D eigenvalue weighted by atomic mass is 35.5. The van der Waals surface area contributed by atoms with Crippen LogP contribution >= 0.6 is 11.6 Å². The molecule has 2 heterocycles. The van der Waals surface area contributed by atoms with Crippen LogP contribution in [0.2, 0.25) is 5.02 Å². The number of halogens is 3. The van der Waals surface area contributed by atoms with Gasteiger partial charge >= 0.3 is 6.55 Å². The molecule has 0 bridgehead atoms. The summed E-state index contributed by atoms with van der Waals surface area (Å²) in [4.78, 5) is 12.1. The van der Waals surface area contributed by atoms with Crippen molar-refractivity contribution in [3.63, 3.8) is 0 Å². The molecule has 0 saturated heterocycles. The maximum absolute atomic E-state index is 12.8. The van der Waals surface area contributed by atoms with Crippen LogP contribution in [0.3, 0.4) is 0 Å². The van der Waals surface area contributed by atoms with Crippen LogP contribution in [0, 0.1) is 0 Å². The molecule has 0 saturated carbocycles. The maximum Gasteiger partial charge on any atom is 0.333 e. The van der Waals surface area contributed by atoms with E-state index in [2.05, 4.69) is 15.5 Å². The third-order valence-corrected chi connectivity index (χ3v) is 3.50. The Morgan fingerprint density at radius 2 is 2.00 bits per heavy atom. The van der Waals surface area contributed by atoms with E-state index < -0.39 is 12.5 Å². The summed E-state index contributed by atoms with van der Waals surface area (Å²) in [5, 5.41) is 10.2. The van der Waals surface area contributed by atoms with Gasteiger partial charge in [0.2, 0.25) is 0 Å². The predicted molar refractivity (Wildman–Crippen MR) is 84.2 cm³/mol. The quantitative estimate of drug-likeness (QED) is 0.766. The predicted octanol–water partition coefficient (Wildman–Crippen LogP) is 3.43. The van der Waals surface area contributed by atoms with E-state index in [0.29, 0.717) is 11.2 Å². The largest absolute Gasteiger partial charge is 0.333 e. The molecule has 0 fully saturated rings. The molecule has 0 atom stereocenters. The molecule has 3 rings (SSSR count). The Kier molecular flexibility index (Phi) is 4.57. The molecule has 0 radical (unpaired) electrons. The molecule has 6 nitrogen and oxygen atoms in total. The van der Waals surface area contributed by atoms with Crippen molar-refractivity contribution in [3.8, 4) is 0 Å². The van der Waals surface area contributed by atoms with E-state index in [-0.39, 0.29) is 16.5 Å². The molecule has 124 valence electrons. The molecule has 2 aromatic heterocycles. The number of anilines is 1. The van der Waals surface area contributed by atoms with Crippen molar-refractivity contribution in [2.45, 2.75) is 13.1 Å². The molecular formula is C15H12ClF2N5O. The van der Waals surface area contributed by atoms with Gasteiger partial charge in [0.1, 0.15) is 10.7 Å². The van der Waals surface area contributed by atoms with Crippen molar-refractivity contribution in [3.05, 3.63) is 65.1 Å². The average Bonchev–Trinajstić information content (AvgIpc) is 3.16. The van der Waals surface area contributed by atoms with Gasteiger partial charge in [-0.05, 0) is 11.6 Å². The third-order valence-electron chi connectivity index (χ3n) is 3.22. The normalized spacial score (nSPS) is 11.0. The fraction of sp³-hybridized carbons (Fsp3) is 0.133. The van der Waals surface area contributed by atoms with Gasteiger partial charge in [-0.3, -0.25) is 9.48 Å². The number of carbonyl (C=O) groups excluding carboxylic acids is 1. The lowest BCUT2D eigenvalue weighted by molar-refractivity contribution is 0.0520. The summed E-state index contributed by atoms with van der Waals surface area (Å²) in [5.74, 6) is -0.667. The van der Waals surface area contributed by atoms with Gasteiger partial charge in [-0.1, -0.05) is 41.9 Å². The second kappa shape index (κ2) is 6.79. The van der Waals surface area contributed by atoms with Crippen LogP contribution in [0.15, 0.2) is 48.8 Å². The smallest absolute Gasteiger partial charge is 0.302 e. The van der Waals surface area contributed by atoms with Crippen molar-refractivity contribution in [1.82, 2.24) is 19.6 Å². The zero-order valence-corrected chi connectivity index (χ0v) is 13.0. The number of hydrogen-bond acceptors (Lipinski definition) is 3. The molecule has 1 N–H and O–H groups in total. The minimum Gasteiger partial charge on any atom is -0.302 e. The summed E-state index contributed by atoms with van der Waals surface area (Å²) in [6.45, 7) is -2.45. The van der Waals surface area contributed by atoms with E-state index >= 15 is 0 Å². The van der Waals surface area contributed by atoms with Gasteiger partial charge in [-0.2, -0.15) is 23.7 Å². The number of rotatable bonds is 5. The van der Waals surface area contributed by atoms with Gasteiger partial charge in [-0.25, -0.2) is 0 Å². The van der Waals surface area contributed by atoms with Gasteiger partial charge < -0.3 is 5.32 Å². The van der Waals surface area contributed by atoms with E-state index in [1.165, 1.54) is 6.07 Å². The molecule has 0 aliphatic carbocycles. The van der Waals surface area contributed by atoms with Crippen molar-refractivity contribution in [2.24, 2.45) is 0 Å². The average molecular weight is 352 g/mol. The van der Waals surface area contributed by atoms with Crippen molar-refractivity contribution < 1.29 is 13.6 Å². The van der Waals surface area contributed by atoms with E-state index in [9.17, 15) is 13.6 Å². The first-order valence-electron chi connectivity index (χ1n) is 6.94. The summed E-state index contributed by atoms with van der Waals surface area (Å²) in [6, 6.07) is 10.7. The second-order valence-electron chi connectivity index (χ2n) is 4.90. The number of amides is 1. The molecule has 9 heteroatoms. The molecule has 3 aromatic rings. The fourth-order valence-electron chi connectivity index (χ4n) is 2.15. The highest BCUT2D eigenvalue weighted by Gasteiger charge is 2.20. The number of carbonyl (C=O) groups is 1. The maximum atomic E-state index is 12.8. The van der Waals surface area contributed by atoms with Crippen molar-refractivity contribution in [2.75, 3.05) is 5.32 Å². The first-order valence-corrected chi connectivity index (χ1v) is 7.32. The van der Waals surface area contributed by atoms with Gasteiger partial charge in [0.05, 0.1) is 6.54 Å². The summed E-state index contributed by atoms with van der Waals surface area (Å²) in [5.41, 5.74) is 0.726. The second-order valence-corrected chi connectivity index (χ2v) is 5.31. The number of benzene rings is 1. The molecule has 24 heavy (non-hydrogen) atoms. The minimum absolute atomic E-state index is 0.0969. The number of nitrogens with zero attached hydrogens (tertiary/aromatic N) is 4. The first-order chi connectivity index (χ1) is 11.5. The van der Waals surface area contributed by atoms with Gasteiger partial charge in [0.25, 0.3) is 5.91 Å². The fourth-order valence-corrected chi connectivity index (χ4v) is 2.35. The van der Waals surface area contributed by atoms with E-state index in [0.717, 1.165) is 11.8 Å². The van der Waals surface area contributed by atoms with E-state index in [1.54, 1.807) is 10.9 Å². The summed E-state index contributed by atoms with van der Waals surface area (Å²) in [6.07, 6.45) is 2.67. The third kappa shape index (κ3) is 3.43. The molecule has 1 amide bonds. The molecular weight excluding hydrogens is 340 g/mol. The standard InChI is InChI=1S/C15H12ClF2N5O/c16-11-9-22(8-10-4-2-1-3-5-10)21-13(11)20-14(24)12-6-7-19-23(12)15(17)18/h1-7,9,15H,8H2,(H,20,21,24). The molecule has 0 aliphatic rings. The van der Waals surface area contributed by atoms with Gasteiger partial charge in [0, 0.05) is 12.4 Å². The van der Waals surface area contributed by atoms with Crippen LogP contribution in [0.4, 0.5) is 14.6 Å². The molecule has 0 spiro atoms. The minimum atomic E-state index is -2.91. The number of aromatic nitrogens is 4. The lowest BCUT2D eigenvalue weighted by Gasteiger charge is -2.06. The van der Waals surface area contributed by atoms with Crippen molar-refractivity contribution >= 4 is 23.3 Å². The summed E-state index contributed by atoms with van der Waals surface area (Å²) < 4.78 is 27.4. The zero-order chi connectivity index (χ0) is 17.1. The number of hydrogen-bond donors (Lipinski definition) is 1. The van der Waals surface area contributed by atoms with Crippen molar-refractivity contribution in [1.29, 1.82) is 0 Å². The van der Waals surface area contributed by atoms with Crippen LogP contribution in [0.5, 0.6) is 0 Å².